The summed E-state index contributed by atoms with van der Waals surface area (Å²) in [5, 5.41) is 24.3. The standard InChI is InChI=1S/C26H29N5O2.C4H4O4/c1-3-30(4-2)18-17-27-24(32)19-33-22-14-12-20(13-15-22)25-23-11-8-16-28-26(23)31(29-25)21-9-6-5-7-10-21;5-3(6)1-2-4(7)8/h5-16H,3-4,17-19H2,1-2H3,(H,27,32);1-2H,(H,5,6)(H,7,8). The van der Waals surface area contributed by atoms with Crippen molar-refractivity contribution in [2.75, 3.05) is 32.8 Å². The topological polar surface area (TPSA) is 147 Å². The fraction of sp³-hybridized carbons (Fsp3) is 0.233. The van der Waals surface area contributed by atoms with E-state index >= 15 is 0 Å². The smallest absolute Gasteiger partial charge is 0.328 e. The summed E-state index contributed by atoms with van der Waals surface area (Å²) in [6, 6.07) is 21.5. The molecule has 0 saturated carbocycles. The van der Waals surface area contributed by atoms with E-state index in [1.807, 2.05) is 71.4 Å². The summed E-state index contributed by atoms with van der Waals surface area (Å²) in [7, 11) is 0. The molecule has 4 aromatic rings. The van der Waals surface area contributed by atoms with Crippen LogP contribution in [0.15, 0.2) is 85.1 Å². The Labute approximate surface area is 237 Å². The Morgan fingerprint density at radius 1 is 0.927 bits per heavy atom. The van der Waals surface area contributed by atoms with Gasteiger partial charge in [-0.25, -0.2) is 19.3 Å². The summed E-state index contributed by atoms with van der Waals surface area (Å²) in [5.41, 5.74) is 3.57. The number of amides is 1. The lowest BCUT2D eigenvalue weighted by molar-refractivity contribution is -0.134. The molecule has 0 unspecified atom stereocenters. The molecule has 11 heteroatoms. The van der Waals surface area contributed by atoms with E-state index < -0.39 is 11.9 Å². The summed E-state index contributed by atoms with van der Waals surface area (Å²) in [5.74, 6) is -1.99. The number of benzene rings is 2. The number of likely N-dealkylation sites (N-methyl/N-ethyl adjacent to an activating group) is 1. The van der Waals surface area contributed by atoms with Crippen LogP contribution in [0.2, 0.25) is 0 Å². The fourth-order valence-electron chi connectivity index (χ4n) is 3.86. The predicted molar refractivity (Wildman–Crippen MR) is 155 cm³/mol. The Hall–Kier alpha value is -5.03. The van der Waals surface area contributed by atoms with Crippen LogP contribution in [0, 0.1) is 0 Å². The predicted octanol–water partition coefficient (Wildman–Crippen LogP) is 3.64. The van der Waals surface area contributed by atoms with Crippen molar-refractivity contribution in [3.63, 3.8) is 0 Å². The van der Waals surface area contributed by atoms with Gasteiger partial charge in [0.1, 0.15) is 11.4 Å². The summed E-state index contributed by atoms with van der Waals surface area (Å²) in [4.78, 5) is 38.0. The average Bonchev–Trinajstić information content (AvgIpc) is 3.38. The maximum Gasteiger partial charge on any atom is 0.328 e. The number of nitrogens with one attached hydrogen (secondary N) is 1. The molecule has 0 bridgehead atoms. The minimum atomic E-state index is -1.26. The van der Waals surface area contributed by atoms with Crippen molar-refractivity contribution in [2.45, 2.75) is 13.8 Å². The summed E-state index contributed by atoms with van der Waals surface area (Å²) < 4.78 is 7.53. The molecule has 0 radical (unpaired) electrons. The number of para-hydroxylation sites is 1. The van der Waals surface area contributed by atoms with Crippen LogP contribution in [-0.4, -0.2) is 80.5 Å². The third-order valence-corrected chi connectivity index (χ3v) is 5.95. The molecule has 2 heterocycles. The van der Waals surface area contributed by atoms with E-state index in [4.69, 9.17) is 20.0 Å². The maximum absolute atomic E-state index is 12.1. The molecule has 4 rings (SSSR count). The van der Waals surface area contributed by atoms with Gasteiger partial charge in [0.2, 0.25) is 0 Å². The second-order valence-electron chi connectivity index (χ2n) is 8.67. The van der Waals surface area contributed by atoms with Crippen molar-refractivity contribution in [3.05, 3.63) is 85.1 Å². The lowest BCUT2D eigenvalue weighted by Gasteiger charge is -2.17. The van der Waals surface area contributed by atoms with Crippen molar-refractivity contribution in [3.8, 4) is 22.7 Å². The number of rotatable bonds is 12. The van der Waals surface area contributed by atoms with Gasteiger partial charge in [-0.2, -0.15) is 5.10 Å². The second-order valence-corrected chi connectivity index (χ2v) is 8.67. The third kappa shape index (κ3) is 9.29. The molecule has 3 N–H and O–H groups in total. The highest BCUT2D eigenvalue weighted by molar-refractivity contribution is 5.92. The number of hydrogen-bond donors (Lipinski definition) is 3. The molecule has 0 aliphatic rings. The number of ether oxygens (including phenoxy) is 1. The minimum absolute atomic E-state index is 0.00686. The first-order chi connectivity index (χ1) is 19.8. The zero-order valence-electron chi connectivity index (χ0n) is 22.9. The number of hydrogen-bond acceptors (Lipinski definition) is 7. The van der Waals surface area contributed by atoms with Crippen LogP contribution in [0.3, 0.4) is 0 Å². The Kier molecular flexibility index (Phi) is 11.6. The van der Waals surface area contributed by atoms with Crippen LogP contribution >= 0.6 is 0 Å². The van der Waals surface area contributed by atoms with Gasteiger partial charge in [-0.3, -0.25) is 4.79 Å². The highest BCUT2D eigenvalue weighted by Gasteiger charge is 2.14. The Bertz CT molecular complexity index is 1450. The van der Waals surface area contributed by atoms with Crippen molar-refractivity contribution in [1.82, 2.24) is 25.0 Å². The second kappa shape index (κ2) is 15.5. The number of nitrogens with zero attached hydrogens (tertiary/aromatic N) is 4. The molecule has 1 amide bonds. The first kappa shape index (κ1) is 30.5. The van der Waals surface area contributed by atoms with Crippen LogP contribution in [0.5, 0.6) is 5.75 Å². The third-order valence-electron chi connectivity index (χ3n) is 5.95. The van der Waals surface area contributed by atoms with Gasteiger partial charge in [0, 0.05) is 42.4 Å². The van der Waals surface area contributed by atoms with Crippen LogP contribution in [0.4, 0.5) is 0 Å². The van der Waals surface area contributed by atoms with E-state index in [1.54, 1.807) is 6.20 Å². The number of pyridine rings is 1. The molecule has 11 nitrogen and oxygen atoms in total. The van der Waals surface area contributed by atoms with Gasteiger partial charge in [0.15, 0.2) is 12.3 Å². The highest BCUT2D eigenvalue weighted by atomic mass is 16.5. The van der Waals surface area contributed by atoms with Gasteiger partial charge in [-0.15, -0.1) is 0 Å². The number of carboxylic acids is 2. The number of fused-ring (bicyclic) bond motifs is 1. The zero-order chi connectivity index (χ0) is 29.6. The van der Waals surface area contributed by atoms with Crippen LogP contribution < -0.4 is 10.1 Å². The Morgan fingerprint density at radius 3 is 2.20 bits per heavy atom. The van der Waals surface area contributed by atoms with Gasteiger partial charge in [0.25, 0.3) is 5.91 Å². The summed E-state index contributed by atoms with van der Waals surface area (Å²) in [6.45, 7) is 7.63. The fourth-order valence-corrected chi connectivity index (χ4v) is 3.86. The number of aliphatic carboxylic acids is 2. The molecule has 214 valence electrons. The van der Waals surface area contributed by atoms with E-state index in [2.05, 4.69) is 29.0 Å². The molecule has 2 aromatic carbocycles. The largest absolute Gasteiger partial charge is 0.484 e. The summed E-state index contributed by atoms with van der Waals surface area (Å²) >= 11 is 0. The van der Waals surface area contributed by atoms with Crippen LogP contribution in [0.1, 0.15) is 13.8 Å². The minimum Gasteiger partial charge on any atom is -0.484 e. The highest BCUT2D eigenvalue weighted by Crippen LogP contribution is 2.29. The molecular formula is C30H33N5O6. The molecular weight excluding hydrogens is 526 g/mol. The first-order valence-corrected chi connectivity index (χ1v) is 13.1. The number of aromatic nitrogens is 3. The Balaban J connectivity index is 0.000000507. The van der Waals surface area contributed by atoms with Gasteiger partial charge in [-0.1, -0.05) is 32.0 Å². The van der Waals surface area contributed by atoms with Crippen molar-refractivity contribution >= 4 is 28.9 Å². The molecule has 0 saturated heterocycles. The molecule has 0 aliphatic carbocycles. The normalized spacial score (nSPS) is 10.8. The van der Waals surface area contributed by atoms with Crippen molar-refractivity contribution < 1.29 is 29.3 Å². The molecule has 41 heavy (non-hydrogen) atoms. The molecule has 0 aliphatic heterocycles. The van der Waals surface area contributed by atoms with Gasteiger partial charge in [0.05, 0.1) is 5.69 Å². The monoisotopic (exact) mass is 559 g/mol. The Morgan fingerprint density at radius 2 is 1.59 bits per heavy atom. The van der Waals surface area contributed by atoms with Crippen molar-refractivity contribution in [1.29, 1.82) is 0 Å². The first-order valence-electron chi connectivity index (χ1n) is 13.1. The van der Waals surface area contributed by atoms with E-state index in [0.29, 0.717) is 24.4 Å². The number of carbonyl (C=O) groups is 3. The van der Waals surface area contributed by atoms with Crippen molar-refractivity contribution in [2.24, 2.45) is 0 Å². The van der Waals surface area contributed by atoms with Crippen LogP contribution in [0.25, 0.3) is 28.0 Å². The average molecular weight is 560 g/mol. The van der Waals surface area contributed by atoms with E-state index in [0.717, 1.165) is 47.6 Å². The van der Waals surface area contributed by atoms with Gasteiger partial charge in [-0.05, 0) is 61.6 Å². The lowest BCUT2D eigenvalue weighted by atomic mass is 10.1. The van der Waals surface area contributed by atoms with E-state index in [-0.39, 0.29) is 12.5 Å². The van der Waals surface area contributed by atoms with E-state index in [1.165, 1.54) is 0 Å². The molecule has 0 atom stereocenters. The maximum atomic E-state index is 12.1. The molecule has 0 spiro atoms. The number of carboxylic acid groups (broad SMARTS) is 2. The molecule has 0 fully saturated rings. The number of carbonyl (C=O) groups excluding carboxylic acids is 1. The zero-order valence-corrected chi connectivity index (χ0v) is 22.9. The quantitative estimate of drug-likeness (QED) is 0.221. The molecule has 2 aromatic heterocycles. The van der Waals surface area contributed by atoms with Gasteiger partial charge >= 0.3 is 11.9 Å². The lowest BCUT2D eigenvalue weighted by Crippen LogP contribution is -2.36. The summed E-state index contributed by atoms with van der Waals surface area (Å²) in [6.07, 6.45) is 2.89. The van der Waals surface area contributed by atoms with E-state index in [9.17, 15) is 14.4 Å². The van der Waals surface area contributed by atoms with Crippen LogP contribution in [-0.2, 0) is 14.4 Å². The van der Waals surface area contributed by atoms with Gasteiger partial charge < -0.3 is 25.2 Å². The SMILES string of the molecule is CCN(CC)CCNC(=O)COc1ccc(-c2nn(-c3ccccc3)c3ncccc23)cc1.O=C(O)C=CC(=O)O.